The average Bonchev–Trinajstić information content (AvgIpc) is 3.16. The molecule has 0 aliphatic rings. The molecule has 0 spiro atoms. The van der Waals surface area contributed by atoms with Gasteiger partial charge in [0.2, 0.25) is 5.91 Å². The van der Waals surface area contributed by atoms with Crippen LogP contribution in [0.5, 0.6) is 0 Å². The van der Waals surface area contributed by atoms with Crippen LogP contribution in [0.15, 0.2) is 91.0 Å². The summed E-state index contributed by atoms with van der Waals surface area (Å²) in [6.07, 6.45) is 4.30. The van der Waals surface area contributed by atoms with Gasteiger partial charge in [-0.25, -0.2) is 4.98 Å². The molecule has 0 aliphatic carbocycles. The predicted molar refractivity (Wildman–Crippen MR) is 122 cm³/mol. The van der Waals surface area contributed by atoms with Gasteiger partial charge in [0.05, 0.1) is 17.1 Å². The first-order valence-corrected chi connectivity index (χ1v) is 10.2. The van der Waals surface area contributed by atoms with Crippen molar-refractivity contribution in [3.63, 3.8) is 0 Å². The van der Waals surface area contributed by atoms with Gasteiger partial charge in [0.25, 0.3) is 0 Å². The van der Waals surface area contributed by atoms with E-state index in [2.05, 4.69) is 40.2 Å². The Balaban J connectivity index is 1.53. The second-order valence-electron chi connectivity index (χ2n) is 7.32. The molecule has 0 fully saturated rings. The van der Waals surface area contributed by atoms with Gasteiger partial charge in [-0.15, -0.1) is 0 Å². The van der Waals surface area contributed by atoms with Gasteiger partial charge in [-0.3, -0.25) is 4.79 Å². The van der Waals surface area contributed by atoms with E-state index in [9.17, 15) is 4.79 Å². The predicted octanol–water partition coefficient (Wildman–Crippen LogP) is 5.17. The number of aryl methyl sites for hydroxylation is 2. The Hall–Kier alpha value is -3.66. The Bertz CT molecular complexity index is 1150. The summed E-state index contributed by atoms with van der Waals surface area (Å²) < 4.78 is 2.22. The molecule has 1 amide bonds. The molecule has 3 aromatic carbocycles. The fraction of sp³-hybridized carbons (Fsp3) is 0.154. The zero-order valence-electron chi connectivity index (χ0n) is 17.0. The fourth-order valence-corrected chi connectivity index (χ4v) is 3.61. The van der Waals surface area contributed by atoms with E-state index < -0.39 is 0 Å². The van der Waals surface area contributed by atoms with Crippen LogP contribution in [0, 0.1) is 0 Å². The van der Waals surface area contributed by atoms with E-state index >= 15 is 0 Å². The van der Waals surface area contributed by atoms with Crippen molar-refractivity contribution in [3.05, 3.63) is 108 Å². The lowest BCUT2D eigenvalue weighted by Gasteiger charge is -2.15. The van der Waals surface area contributed by atoms with Crippen LogP contribution in [0.2, 0.25) is 0 Å². The third-order valence-electron chi connectivity index (χ3n) is 5.12. The summed E-state index contributed by atoms with van der Waals surface area (Å²) in [6, 6.07) is 28.1. The number of nitrogens with zero attached hydrogens (tertiary/aromatic N) is 2. The van der Waals surface area contributed by atoms with E-state index in [-0.39, 0.29) is 11.9 Å². The van der Waals surface area contributed by atoms with Crippen molar-refractivity contribution in [2.45, 2.75) is 25.9 Å². The highest BCUT2D eigenvalue weighted by Crippen LogP contribution is 2.21. The van der Waals surface area contributed by atoms with E-state index in [0.717, 1.165) is 35.4 Å². The monoisotopic (exact) mass is 395 g/mol. The van der Waals surface area contributed by atoms with Crippen molar-refractivity contribution < 1.29 is 4.79 Å². The van der Waals surface area contributed by atoms with Crippen LogP contribution in [0.3, 0.4) is 0 Å². The lowest BCUT2D eigenvalue weighted by molar-refractivity contribution is -0.117. The molecular formula is C26H25N3O. The van der Waals surface area contributed by atoms with Gasteiger partial charge >= 0.3 is 0 Å². The number of rotatable bonds is 7. The Labute approximate surface area is 176 Å². The number of para-hydroxylation sites is 2. The highest BCUT2D eigenvalue weighted by atomic mass is 16.1. The molecule has 150 valence electrons. The lowest BCUT2D eigenvalue weighted by Crippen LogP contribution is -2.27. The van der Waals surface area contributed by atoms with Crippen LogP contribution in [0.1, 0.15) is 29.9 Å². The molecule has 0 radical (unpaired) electrons. The summed E-state index contributed by atoms with van der Waals surface area (Å²) in [6.45, 7) is 2.79. The molecule has 4 heteroatoms. The van der Waals surface area contributed by atoms with Crippen molar-refractivity contribution in [2.24, 2.45) is 0 Å². The molecule has 4 nitrogen and oxygen atoms in total. The fourth-order valence-electron chi connectivity index (χ4n) is 3.61. The van der Waals surface area contributed by atoms with Gasteiger partial charge in [-0.05, 0) is 42.7 Å². The molecule has 0 saturated carbocycles. The van der Waals surface area contributed by atoms with Crippen LogP contribution in [-0.4, -0.2) is 15.5 Å². The number of hydrogen-bond donors (Lipinski definition) is 1. The highest BCUT2D eigenvalue weighted by Gasteiger charge is 2.17. The highest BCUT2D eigenvalue weighted by molar-refractivity contribution is 5.92. The minimum Gasteiger partial charge on any atom is -0.343 e. The van der Waals surface area contributed by atoms with Crippen molar-refractivity contribution >= 4 is 23.0 Å². The first-order chi connectivity index (χ1) is 14.7. The second-order valence-corrected chi connectivity index (χ2v) is 7.32. The maximum Gasteiger partial charge on any atom is 0.244 e. The summed E-state index contributed by atoms with van der Waals surface area (Å²) in [7, 11) is 0. The average molecular weight is 396 g/mol. The van der Waals surface area contributed by atoms with Crippen LogP contribution in [-0.2, 0) is 17.8 Å². The van der Waals surface area contributed by atoms with E-state index in [1.54, 1.807) is 6.08 Å². The Kier molecular flexibility index (Phi) is 6.04. The lowest BCUT2D eigenvalue weighted by atomic mass is 10.1. The maximum absolute atomic E-state index is 12.5. The molecule has 30 heavy (non-hydrogen) atoms. The van der Waals surface area contributed by atoms with Gasteiger partial charge in [-0.2, -0.15) is 0 Å². The molecule has 1 atom stereocenters. The van der Waals surface area contributed by atoms with Crippen molar-refractivity contribution in [2.75, 3.05) is 0 Å². The van der Waals surface area contributed by atoms with E-state index in [0.29, 0.717) is 0 Å². The van der Waals surface area contributed by atoms with Gasteiger partial charge < -0.3 is 9.88 Å². The largest absolute Gasteiger partial charge is 0.343 e. The molecule has 1 aromatic heterocycles. The first kappa shape index (κ1) is 19.6. The number of hydrogen-bond acceptors (Lipinski definition) is 2. The van der Waals surface area contributed by atoms with Crippen LogP contribution in [0.25, 0.3) is 17.1 Å². The molecular weight excluding hydrogens is 370 g/mol. The minimum atomic E-state index is -0.207. The summed E-state index contributed by atoms with van der Waals surface area (Å²) in [5.74, 6) is 0.738. The second kappa shape index (κ2) is 9.23. The summed E-state index contributed by atoms with van der Waals surface area (Å²) in [4.78, 5) is 17.3. The standard InChI is InChI=1S/C26H25N3O/c1-20(27-25(30)17-16-21-10-4-2-5-11-21)26-28-23-14-8-9-15-24(23)29(26)19-18-22-12-6-3-7-13-22/h2-17,20H,18-19H2,1H3,(H,27,30)/b17-16-. The molecule has 4 rings (SSSR count). The zero-order valence-corrected chi connectivity index (χ0v) is 17.0. The topological polar surface area (TPSA) is 46.9 Å². The molecule has 4 aromatic rings. The van der Waals surface area contributed by atoms with Crippen molar-refractivity contribution in [1.29, 1.82) is 0 Å². The van der Waals surface area contributed by atoms with E-state index in [1.807, 2.05) is 67.6 Å². The van der Waals surface area contributed by atoms with Crippen LogP contribution < -0.4 is 5.32 Å². The Morgan fingerprint density at radius 2 is 1.63 bits per heavy atom. The summed E-state index contributed by atoms with van der Waals surface area (Å²) >= 11 is 0. The SMILES string of the molecule is CC(NC(=O)/C=C\c1ccccc1)c1nc2ccccc2n1CCc1ccccc1. The van der Waals surface area contributed by atoms with E-state index in [1.165, 1.54) is 5.56 Å². The molecule has 1 N–H and O–H groups in total. The number of fused-ring (bicyclic) bond motifs is 1. The summed E-state index contributed by atoms with van der Waals surface area (Å²) in [5, 5.41) is 3.06. The number of imidazole rings is 1. The number of nitrogens with one attached hydrogen (secondary N) is 1. The molecule has 1 unspecified atom stereocenters. The molecule has 0 aliphatic heterocycles. The van der Waals surface area contributed by atoms with Crippen molar-refractivity contribution in [3.8, 4) is 0 Å². The number of aromatic nitrogens is 2. The molecule has 0 bridgehead atoms. The summed E-state index contributed by atoms with van der Waals surface area (Å²) in [5.41, 5.74) is 4.31. The van der Waals surface area contributed by atoms with Gasteiger partial charge in [0.15, 0.2) is 0 Å². The third-order valence-corrected chi connectivity index (χ3v) is 5.12. The number of amides is 1. The molecule has 0 saturated heterocycles. The normalized spacial score (nSPS) is 12.3. The number of carbonyl (C=O) groups excluding carboxylic acids is 1. The van der Waals surface area contributed by atoms with Crippen molar-refractivity contribution in [1.82, 2.24) is 14.9 Å². The molecule has 1 heterocycles. The quantitative estimate of drug-likeness (QED) is 0.439. The Morgan fingerprint density at radius 3 is 2.40 bits per heavy atom. The smallest absolute Gasteiger partial charge is 0.244 e. The minimum absolute atomic E-state index is 0.131. The van der Waals surface area contributed by atoms with E-state index in [4.69, 9.17) is 4.98 Å². The zero-order chi connectivity index (χ0) is 20.8. The maximum atomic E-state index is 12.5. The number of carbonyl (C=O) groups is 1. The van der Waals surface area contributed by atoms with Gasteiger partial charge in [-0.1, -0.05) is 72.8 Å². The number of benzene rings is 3. The van der Waals surface area contributed by atoms with Gasteiger partial charge in [0, 0.05) is 12.6 Å². The Morgan fingerprint density at radius 1 is 0.967 bits per heavy atom. The first-order valence-electron chi connectivity index (χ1n) is 10.2. The van der Waals surface area contributed by atoms with Gasteiger partial charge in [0.1, 0.15) is 5.82 Å². The third kappa shape index (κ3) is 4.66. The van der Waals surface area contributed by atoms with Crippen LogP contribution in [0.4, 0.5) is 0 Å². The van der Waals surface area contributed by atoms with Crippen LogP contribution >= 0.6 is 0 Å².